The lowest BCUT2D eigenvalue weighted by Gasteiger charge is -2.12. The lowest BCUT2D eigenvalue weighted by atomic mass is 10.2. The predicted molar refractivity (Wildman–Crippen MR) is 98.6 cm³/mol. The molecule has 0 atom stereocenters. The van der Waals surface area contributed by atoms with Gasteiger partial charge < -0.3 is 20.3 Å². The Balaban J connectivity index is 2.73. The van der Waals surface area contributed by atoms with E-state index in [1.807, 2.05) is 52.0 Å². The molecule has 0 saturated carbocycles. The van der Waals surface area contributed by atoms with Crippen LogP contribution in [0.25, 0.3) is 0 Å². The van der Waals surface area contributed by atoms with Crippen LogP contribution in [0.2, 0.25) is 0 Å². The maximum absolute atomic E-state index is 5.06. The number of thiocarbonyl (C=S) groups is 2. The van der Waals surface area contributed by atoms with Gasteiger partial charge in [-0.1, -0.05) is 22.4 Å². The van der Waals surface area contributed by atoms with Crippen LogP contribution in [-0.2, 0) is 9.68 Å². The summed E-state index contributed by atoms with van der Waals surface area (Å²) in [6, 6.07) is 7.33. The highest BCUT2D eigenvalue weighted by atomic mass is 32.1. The Kier molecular flexibility index (Phi) is 7.41. The molecule has 118 valence electrons. The maximum Gasteiger partial charge on any atom is 0.293 e. The van der Waals surface area contributed by atoms with Gasteiger partial charge >= 0.3 is 0 Å². The Hall–Kier alpha value is -2.06. The molecule has 6 nitrogen and oxygen atoms in total. The number of nitrogens with one attached hydrogen (secondary N) is 2. The van der Waals surface area contributed by atoms with Gasteiger partial charge in [0.15, 0.2) is 0 Å². The van der Waals surface area contributed by atoms with E-state index in [1.165, 1.54) is 0 Å². The molecule has 0 spiro atoms. The Labute approximate surface area is 140 Å². The molecule has 8 heteroatoms. The number of rotatable bonds is 4. The maximum atomic E-state index is 5.06. The standard InChI is InChI=1S/C14H18N4O2S2/c1-9(2)17-19-13(21)15-11-7-5-6-8-12(11)16-14(22)20-18-10(3)4/h5-8H,1-4H3,(H,15,21)(H,16,22). The normalized spacial score (nSPS) is 9.27. The molecule has 2 N–H and O–H groups in total. The summed E-state index contributed by atoms with van der Waals surface area (Å²) in [5.41, 5.74) is 2.88. The van der Waals surface area contributed by atoms with Crippen LogP contribution in [-0.4, -0.2) is 21.8 Å². The van der Waals surface area contributed by atoms with Crippen LogP contribution >= 0.6 is 24.4 Å². The predicted octanol–water partition coefficient (Wildman–Crippen LogP) is 3.91. The smallest absolute Gasteiger partial charge is 0.293 e. The Morgan fingerprint density at radius 1 is 0.818 bits per heavy atom. The fourth-order valence-corrected chi connectivity index (χ4v) is 1.53. The summed E-state index contributed by atoms with van der Waals surface area (Å²) < 4.78 is 0. The summed E-state index contributed by atoms with van der Waals surface area (Å²) in [5, 5.41) is 13.7. The molecule has 0 bridgehead atoms. The molecule has 0 aliphatic carbocycles. The SMILES string of the molecule is CC(C)=NOC(=S)Nc1ccccc1NC(=S)ON=C(C)C. The summed E-state index contributed by atoms with van der Waals surface area (Å²) in [5.74, 6) is 0. The van der Waals surface area contributed by atoms with Crippen LogP contribution in [0.4, 0.5) is 11.4 Å². The van der Waals surface area contributed by atoms with E-state index in [2.05, 4.69) is 20.9 Å². The zero-order chi connectivity index (χ0) is 16.5. The van der Waals surface area contributed by atoms with Crippen molar-refractivity contribution in [3.63, 3.8) is 0 Å². The Morgan fingerprint density at radius 3 is 1.50 bits per heavy atom. The first kappa shape index (κ1) is 18.0. The van der Waals surface area contributed by atoms with E-state index >= 15 is 0 Å². The largest absolute Gasteiger partial charge is 0.326 e. The second kappa shape index (κ2) is 9.06. The van der Waals surface area contributed by atoms with Crippen LogP contribution < -0.4 is 10.6 Å². The van der Waals surface area contributed by atoms with Gasteiger partial charge in [-0.2, -0.15) is 0 Å². The summed E-state index contributed by atoms with van der Waals surface area (Å²) in [6.07, 6.45) is 0. The van der Waals surface area contributed by atoms with Crippen LogP contribution in [0.15, 0.2) is 34.6 Å². The summed E-state index contributed by atoms with van der Waals surface area (Å²) in [7, 11) is 0. The van der Waals surface area contributed by atoms with Gasteiger partial charge in [0, 0.05) is 0 Å². The molecule has 1 aromatic carbocycles. The number of para-hydroxylation sites is 2. The van der Waals surface area contributed by atoms with Gasteiger partial charge in [-0.05, 0) is 64.3 Å². The van der Waals surface area contributed by atoms with Crippen molar-refractivity contribution in [3.05, 3.63) is 24.3 Å². The quantitative estimate of drug-likeness (QED) is 0.493. The van der Waals surface area contributed by atoms with E-state index in [0.29, 0.717) is 11.4 Å². The molecular formula is C14H18N4O2S2. The molecular weight excluding hydrogens is 320 g/mol. The molecule has 0 aromatic heterocycles. The van der Waals surface area contributed by atoms with Gasteiger partial charge in [0.25, 0.3) is 10.3 Å². The van der Waals surface area contributed by atoms with Crippen molar-refractivity contribution < 1.29 is 9.68 Å². The first-order valence-electron chi connectivity index (χ1n) is 6.46. The van der Waals surface area contributed by atoms with Crippen molar-refractivity contribution in [1.82, 2.24) is 0 Å². The molecule has 0 amide bonds. The molecule has 1 aromatic rings. The molecule has 0 heterocycles. The summed E-state index contributed by atoms with van der Waals surface area (Å²) in [4.78, 5) is 10.1. The van der Waals surface area contributed by atoms with Crippen molar-refractivity contribution in [2.24, 2.45) is 10.3 Å². The van der Waals surface area contributed by atoms with Gasteiger partial charge in [-0.3, -0.25) is 0 Å². The third-order valence-corrected chi connectivity index (χ3v) is 2.38. The third kappa shape index (κ3) is 7.09. The number of anilines is 2. The second-order valence-electron chi connectivity index (χ2n) is 4.63. The monoisotopic (exact) mass is 338 g/mol. The first-order valence-corrected chi connectivity index (χ1v) is 7.27. The lowest BCUT2D eigenvalue weighted by Crippen LogP contribution is -2.16. The molecule has 0 unspecified atom stereocenters. The lowest BCUT2D eigenvalue weighted by molar-refractivity contribution is 0.335. The average molecular weight is 338 g/mol. The minimum atomic E-state index is 0.129. The second-order valence-corrected chi connectivity index (χ2v) is 5.37. The van der Waals surface area contributed by atoms with Gasteiger partial charge in [0.05, 0.1) is 22.8 Å². The Morgan fingerprint density at radius 2 is 1.18 bits per heavy atom. The average Bonchev–Trinajstić information content (AvgIpc) is 2.45. The number of hydrogen-bond donors (Lipinski definition) is 2. The van der Waals surface area contributed by atoms with Crippen molar-refractivity contribution in [2.45, 2.75) is 27.7 Å². The van der Waals surface area contributed by atoms with Gasteiger partial charge in [0.1, 0.15) is 0 Å². The molecule has 0 fully saturated rings. The summed E-state index contributed by atoms with van der Waals surface area (Å²) in [6.45, 7) is 7.24. The zero-order valence-electron chi connectivity index (χ0n) is 12.8. The molecule has 1 rings (SSSR count). The first-order chi connectivity index (χ1) is 10.4. The van der Waals surface area contributed by atoms with Crippen LogP contribution in [0.5, 0.6) is 0 Å². The minimum absolute atomic E-state index is 0.129. The van der Waals surface area contributed by atoms with E-state index in [9.17, 15) is 0 Å². The number of oxime groups is 2. The van der Waals surface area contributed by atoms with E-state index < -0.39 is 0 Å². The fourth-order valence-electron chi connectivity index (χ4n) is 1.23. The summed E-state index contributed by atoms with van der Waals surface area (Å²) >= 11 is 10.1. The van der Waals surface area contributed by atoms with Crippen molar-refractivity contribution in [2.75, 3.05) is 10.6 Å². The van der Waals surface area contributed by atoms with Crippen LogP contribution in [0.1, 0.15) is 27.7 Å². The van der Waals surface area contributed by atoms with E-state index in [4.69, 9.17) is 34.1 Å². The van der Waals surface area contributed by atoms with E-state index in [1.54, 1.807) is 0 Å². The van der Waals surface area contributed by atoms with Gasteiger partial charge in [-0.25, -0.2) is 0 Å². The molecule has 0 aliphatic rings. The highest BCUT2D eigenvalue weighted by Gasteiger charge is 2.07. The molecule has 22 heavy (non-hydrogen) atoms. The van der Waals surface area contributed by atoms with Crippen molar-refractivity contribution in [3.8, 4) is 0 Å². The minimum Gasteiger partial charge on any atom is -0.326 e. The number of nitrogens with zero attached hydrogens (tertiary/aromatic N) is 2. The van der Waals surface area contributed by atoms with Crippen LogP contribution in [0, 0.1) is 0 Å². The van der Waals surface area contributed by atoms with E-state index in [0.717, 1.165) is 11.4 Å². The van der Waals surface area contributed by atoms with Crippen molar-refractivity contribution in [1.29, 1.82) is 0 Å². The molecule has 0 saturated heterocycles. The molecule has 0 aliphatic heterocycles. The third-order valence-electron chi connectivity index (χ3n) is 2.02. The van der Waals surface area contributed by atoms with Gasteiger partial charge in [0.2, 0.25) is 0 Å². The fraction of sp³-hybridized carbons (Fsp3) is 0.286. The Bertz CT molecular complexity index is 554. The van der Waals surface area contributed by atoms with Gasteiger partial charge in [-0.15, -0.1) is 0 Å². The van der Waals surface area contributed by atoms with E-state index in [-0.39, 0.29) is 10.3 Å². The van der Waals surface area contributed by atoms with Crippen LogP contribution in [0.3, 0.4) is 0 Å². The number of benzene rings is 1. The highest BCUT2D eigenvalue weighted by Crippen LogP contribution is 2.21. The topological polar surface area (TPSA) is 67.2 Å². The van der Waals surface area contributed by atoms with Crippen molar-refractivity contribution >= 4 is 57.6 Å². The zero-order valence-corrected chi connectivity index (χ0v) is 14.5. The highest BCUT2D eigenvalue weighted by molar-refractivity contribution is 7.80. The number of hydrogen-bond acceptors (Lipinski definition) is 6. The molecule has 0 radical (unpaired) electrons.